The summed E-state index contributed by atoms with van der Waals surface area (Å²) in [5.41, 5.74) is 4.41. The lowest BCUT2D eigenvalue weighted by molar-refractivity contribution is -0.105. The van der Waals surface area contributed by atoms with Crippen molar-refractivity contribution >= 4 is 23.0 Å². The zero-order chi connectivity index (χ0) is 24.0. The van der Waals surface area contributed by atoms with Crippen LogP contribution in [0.1, 0.15) is 46.1 Å². The summed E-state index contributed by atoms with van der Waals surface area (Å²) in [6, 6.07) is 16.0. The van der Waals surface area contributed by atoms with Gasteiger partial charge >= 0.3 is 0 Å². The zero-order valence-corrected chi connectivity index (χ0v) is 20.1. The van der Waals surface area contributed by atoms with Gasteiger partial charge in [0.05, 0.1) is 29.0 Å². The minimum Gasteiger partial charge on any atom is -0.494 e. The molecule has 0 spiro atoms. The number of anilines is 1. The number of nitrogens with zero attached hydrogens (tertiary/aromatic N) is 2. The van der Waals surface area contributed by atoms with E-state index in [-0.39, 0.29) is 5.60 Å². The van der Waals surface area contributed by atoms with Gasteiger partial charge in [-0.25, -0.2) is 0 Å². The third kappa shape index (κ3) is 6.15. The molecule has 0 radical (unpaired) electrons. The van der Waals surface area contributed by atoms with Crippen LogP contribution in [-0.2, 0) is 16.1 Å². The molecule has 1 heterocycles. The second-order valence-corrected chi connectivity index (χ2v) is 9.16. The van der Waals surface area contributed by atoms with Gasteiger partial charge in [-0.1, -0.05) is 12.1 Å². The second kappa shape index (κ2) is 10.5. The Morgan fingerprint density at radius 2 is 1.85 bits per heavy atom. The normalized spacial score (nSPS) is 13.1. The first-order chi connectivity index (χ1) is 15.8. The highest BCUT2D eigenvalue weighted by molar-refractivity contribution is 5.95. The maximum Gasteiger partial charge on any atom is 0.211 e. The molecular weight excluding hydrogens is 414 g/mol. The molecule has 0 bridgehead atoms. The molecule has 1 saturated carbocycles. The zero-order valence-electron chi connectivity index (χ0n) is 20.1. The summed E-state index contributed by atoms with van der Waals surface area (Å²) in [5, 5.41) is 13.5. The number of carbonyl (C=O) groups excluding carboxylic acids is 1. The maximum atomic E-state index is 10.6. The Kier molecular flexibility index (Phi) is 7.78. The van der Waals surface area contributed by atoms with E-state index < -0.39 is 0 Å². The number of rotatable bonds is 7. The second-order valence-electron chi connectivity index (χ2n) is 9.16. The van der Waals surface area contributed by atoms with E-state index in [9.17, 15) is 10.1 Å². The van der Waals surface area contributed by atoms with E-state index in [0.29, 0.717) is 24.5 Å². The van der Waals surface area contributed by atoms with Gasteiger partial charge in [-0.3, -0.25) is 4.79 Å². The van der Waals surface area contributed by atoms with E-state index >= 15 is 0 Å². The number of methoxy groups -OCH3 is 1. The SMILES string of the molecule is CCOc1ccc2c(c1)c(C#N)c(-c1ccc(NC=O)cc1)n2CC1CC1.COC(C)(C)C. The quantitative estimate of drug-likeness (QED) is 0.452. The summed E-state index contributed by atoms with van der Waals surface area (Å²) >= 11 is 0. The summed E-state index contributed by atoms with van der Waals surface area (Å²) in [6.07, 6.45) is 3.13. The molecule has 6 nitrogen and oxygen atoms in total. The van der Waals surface area contributed by atoms with Gasteiger partial charge in [-0.2, -0.15) is 5.26 Å². The molecule has 0 atom stereocenters. The molecule has 1 aliphatic carbocycles. The number of hydrogen-bond donors (Lipinski definition) is 1. The molecule has 1 amide bonds. The molecule has 1 aromatic heterocycles. The van der Waals surface area contributed by atoms with Gasteiger partial charge in [0.25, 0.3) is 0 Å². The van der Waals surface area contributed by atoms with Gasteiger partial charge in [-0.05, 0) is 82.3 Å². The predicted molar refractivity (Wildman–Crippen MR) is 132 cm³/mol. The first-order valence-electron chi connectivity index (χ1n) is 11.4. The van der Waals surface area contributed by atoms with Crippen molar-refractivity contribution in [3.05, 3.63) is 48.0 Å². The van der Waals surface area contributed by atoms with Crippen molar-refractivity contribution in [1.29, 1.82) is 5.26 Å². The molecule has 4 rings (SSSR count). The lowest BCUT2D eigenvalue weighted by Gasteiger charge is -2.14. The molecule has 1 N–H and O–H groups in total. The van der Waals surface area contributed by atoms with Crippen LogP contribution >= 0.6 is 0 Å². The van der Waals surface area contributed by atoms with Crippen LogP contribution < -0.4 is 10.1 Å². The van der Waals surface area contributed by atoms with Crippen molar-refractivity contribution in [2.45, 2.75) is 52.7 Å². The molecule has 174 valence electrons. The molecule has 6 heteroatoms. The Hall–Kier alpha value is -3.30. The van der Waals surface area contributed by atoms with E-state index in [2.05, 4.69) is 22.0 Å². The molecule has 0 aliphatic heterocycles. The van der Waals surface area contributed by atoms with Gasteiger partial charge in [-0.15, -0.1) is 0 Å². The van der Waals surface area contributed by atoms with Crippen molar-refractivity contribution in [2.75, 3.05) is 19.0 Å². The predicted octanol–water partition coefficient (Wildman–Crippen LogP) is 5.99. The molecule has 1 fully saturated rings. The van der Waals surface area contributed by atoms with E-state index in [0.717, 1.165) is 40.1 Å². The van der Waals surface area contributed by atoms with Crippen LogP contribution in [0.5, 0.6) is 5.75 Å². The summed E-state index contributed by atoms with van der Waals surface area (Å²) in [7, 11) is 1.71. The van der Waals surface area contributed by atoms with E-state index in [1.165, 1.54) is 12.8 Å². The number of aromatic nitrogens is 1. The lowest BCUT2D eigenvalue weighted by Crippen LogP contribution is -2.15. The Labute approximate surface area is 196 Å². The number of amides is 1. The van der Waals surface area contributed by atoms with Crippen LogP contribution in [0.4, 0.5) is 5.69 Å². The van der Waals surface area contributed by atoms with Gasteiger partial charge in [0, 0.05) is 24.7 Å². The van der Waals surface area contributed by atoms with Crippen molar-refractivity contribution in [3.8, 4) is 23.1 Å². The van der Waals surface area contributed by atoms with Crippen molar-refractivity contribution in [1.82, 2.24) is 4.57 Å². The maximum absolute atomic E-state index is 10.6. The lowest BCUT2D eigenvalue weighted by atomic mass is 10.1. The third-order valence-corrected chi connectivity index (χ3v) is 5.59. The fourth-order valence-electron chi connectivity index (χ4n) is 3.54. The topological polar surface area (TPSA) is 76.3 Å². The van der Waals surface area contributed by atoms with Crippen LogP contribution in [0.15, 0.2) is 42.5 Å². The number of benzene rings is 2. The molecule has 2 aromatic carbocycles. The minimum absolute atomic E-state index is 0.0417. The van der Waals surface area contributed by atoms with Crippen LogP contribution in [0.3, 0.4) is 0 Å². The third-order valence-electron chi connectivity index (χ3n) is 5.59. The Balaban J connectivity index is 0.000000454. The fraction of sp³-hybridized carbons (Fsp3) is 0.407. The van der Waals surface area contributed by atoms with Crippen molar-refractivity contribution < 1.29 is 14.3 Å². The molecule has 33 heavy (non-hydrogen) atoms. The minimum atomic E-state index is 0.0417. The molecule has 0 unspecified atom stereocenters. The highest BCUT2D eigenvalue weighted by Gasteiger charge is 2.26. The van der Waals surface area contributed by atoms with E-state index in [1.807, 2.05) is 64.1 Å². The van der Waals surface area contributed by atoms with E-state index in [4.69, 9.17) is 9.47 Å². The number of nitrogens with one attached hydrogen (secondary N) is 1. The van der Waals surface area contributed by atoms with Crippen LogP contribution in [0.25, 0.3) is 22.2 Å². The highest BCUT2D eigenvalue weighted by Crippen LogP contribution is 2.39. The average Bonchev–Trinajstić information content (AvgIpc) is 3.56. The first-order valence-corrected chi connectivity index (χ1v) is 11.4. The van der Waals surface area contributed by atoms with Crippen molar-refractivity contribution in [3.63, 3.8) is 0 Å². The van der Waals surface area contributed by atoms with E-state index in [1.54, 1.807) is 7.11 Å². The molecular formula is C27H33N3O3. The van der Waals surface area contributed by atoms with Gasteiger partial charge in [0.2, 0.25) is 6.41 Å². The monoisotopic (exact) mass is 447 g/mol. The number of fused-ring (bicyclic) bond motifs is 1. The Morgan fingerprint density at radius 1 is 1.18 bits per heavy atom. The summed E-state index contributed by atoms with van der Waals surface area (Å²) in [6.45, 7) is 9.52. The standard InChI is InChI=1S/C22H21N3O2.C5H12O/c1-2-27-18-9-10-21-19(11-18)20(12-23)22(25(21)13-15-3-4-15)16-5-7-17(8-6-16)24-14-26;1-5(2,3)6-4/h5-11,14-15H,2-4,13H2,1H3,(H,24,26);1-4H3. The number of nitriles is 1. The number of ether oxygens (including phenoxy) is 2. The van der Waals surface area contributed by atoms with Gasteiger partial charge in [0.15, 0.2) is 0 Å². The molecule has 1 aliphatic rings. The first kappa shape index (κ1) is 24.3. The fourth-order valence-corrected chi connectivity index (χ4v) is 3.54. The van der Waals surface area contributed by atoms with Crippen LogP contribution in [0, 0.1) is 17.2 Å². The smallest absolute Gasteiger partial charge is 0.211 e. The highest BCUT2D eigenvalue weighted by atomic mass is 16.5. The summed E-state index contributed by atoms with van der Waals surface area (Å²) < 4.78 is 12.8. The number of carbonyl (C=O) groups is 1. The average molecular weight is 448 g/mol. The van der Waals surface area contributed by atoms with Crippen LogP contribution in [0.2, 0.25) is 0 Å². The number of hydrogen-bond acceptors (Lipinski definition) is 4. The van der Waals surface area contributed by atoms with Gasteiger partial charge in [0.1, 0.15) is 11.8 Å². The van der Waals surface area contributed by atoms with Crippen LogP contribution in [-0.4, -0.2) is 30.3 Å². The Morgan fingerprint density at radius 3 is 2.36 bits per heavy atom. The van der Waals surface area contributed by atoms with Gasteiger partial charge < -0.3 is 19.4 Å². The Bertz CT molecular complexity index is 1130. The summed E-state index contributed by atoms with van der Waals surface area (Å²) in [4.78, 5) is 10.6. The molecule has 0 saturated heterocycles. The molecule has 3 aromatic rings. The van der Waals surface area contributed by atoms with Crippen molar-refractivity contribution in [2.24, 2.45) is 5.92 Å². The summed E-state index contributed by atoms with van der Waals surface area (Å²) in [5.74, 6) is 1.45. The largest absolute Gasteiger partial charge is 0.494 e.